The molecule has 0 aromatic rings. The molecule has 332 valence electrons. The maximum atomic E-state index is 12.4. The first-order valence-corrected chi connectivity index (χ1v) is 24.5. The zero-order valence-corrected chi connectivity index (χ0v) is 38.0. The SMILES string of the molecule is CC/C=C\C/C=C\C/C=C\C/C=C\C/C=C\C/C=C\C/C=C\CCCC(=O)NC(CO)C(O)/C=C/CCCCCCCCCCCCCCCCCCCCCCC. The highest BCUT2D eigenvalue weighted by Crippen LogP contribution is 2.15. The standard InChI is InChI=1S/C54H93NO3/c1-3-5-7-9-11-13-15-17-19-21-23-25-27-29-31-33-35-37-39-41-43-45-47-49-53(57)52(51-56)55-54(58)50-48-46-44-42-40-38-36-34-32-30-28-26-24-22-20-18-16-14-12-10-8-6-4-2/h6,8,12,14,18,20,24,26,30,32,36,38,42,44,47,49,52-53,56-57H,3-5,7,9-11,13,15-17,19,21-23,25,27-29,31,33-35,37,39-41,43,45-46,48,50-51H2,1-2H3,(H,55,58)/b8-6-,14-12-,20-18-,26-24-,32-30-,38-36-,44-42-,49-47+. The first kappa shape index (κ1) is 55.3. The fourth-order valence-electron chi connectivity index (χ4n) is 6.87. The van der Waals surface area contributed by atoms with Gasteiger partial charge in [-0.25, -0.2) is 0 Å². The van der Waals surface area contributed by atoms with Gasteiger partial charge in [-0.1, -0.05) is 239 Å². The molecule has 0 saturated heterocycles. The fourth-order valence-corrected chi connectivity index (χ4v) is 6.87. The molecule has 0 radical (unpaired) electrons. The molecule has 0 saturated carbocycles. The van der Waals surface area contributed by atoms with Crippen LogP contribution in [0.4, 0.5) is 0 Å². The summed E-state index contributed by atoms with van der Waals surface area (Å²) in [4.78, 5) is 12.4. The van der Waals surface area contributed by atoms with Crippen molar-refractivity contribution in [2.45, 2.75) is 231 Å². The molecule has 2 atom stereocenters. The van der Waals surface area contributed by atoms with Crippen LogP contribution in [0.5, 0.6) is 0 Å². The van der Waals surface area contributed by atoms with Crippen LogP contribution in [0.1, 0.15) is 219 Å². The van der Waals surface area contributed by atoms with Crippen LogP contribution in [-0.4, -0.2) is 34.9 Å². The average Bonchev–Trinajstić information content (AvgIpc) is 3.23. The summed E-state index contributed by atoms with van der Waals surface area (Å²) in [6.07, 6.45) is 72.5. The van der Waals surface area contributed by atoms with Crippen molar-refractivity contribution in [2.24, 2.45) is 0 Å². The lowest BCUT2D eigenvalue weighted by molar-refractivity contribution is -0.122. The molecule has 58 heavy (non-hydrogen) atoms. The van der Waals surface area contributed by atoms with E-state index in [1.165, 1.54) is 128 Å². The van der Waals surface area contributed by atoms with Gasteiger partial charge in [0, 0.05) is 6.42 Å². The van der Waals surface area contributed by atoms with Crippen molar-refractivity contribution in [1.82, 2.24) is 5.32 Å². The zero-order valence-electron chi connectivity index (χ0n) is 38.0. The summed E-state index contributed by atoms with van der Waals surface area (Å²) >= 11 is 0. The van der Waals surface area contributed by atoms with Gasteiger partial charge in [0.2, 0.25) is 5.91 Å². The first-order valence-electron chi connectivity index (χ1n) is 24.5. The maximum Gasteiger partial charge on any atom is 0.220 e. The van der Waals surface area contributed by atoms with Gasteiger partial charge in [0.05, 0.1) is 18.8 Å². The molecule has 0 rings (SSSR count). The number of carbonyl (C=O) groups excluding carboxylic acids is 1. The van der Waals surface area contributed by atoms with Crippen LogP contribution in [0, 0.1) is 0 Å². The summed E-state index contributed by atoms with van der Waals surface area (Å²) in [5.41, 5.74) is 0. The third-order valence-corrected chi connectivity index (χ3v) is 10.6. The Hall–Kier alpha value is -2.69. The lowest BCUT2D eigenvalue weighted by Gasteiger charge is -2.19. The van der Waals surface area contributed by atoms with E-state index >= 15 is 0 Å². The molecule has 0 aliphatic rings. The number of rotatable bonds is 43. The summed E-state index contributed by atoms with van der Waals surface area (Å²) in [6, 6.07) is -0.660. The first-order chi connectivity index (χ1) is 28.7. The molecule has 0 spiro atoms. The molecule has 3 N–H and O–H groups in total. The Morgan fingerprint density at radius 2 is 0.759 bits per heavy atom. The van der Waals surface area contributed by atoms with E-state index in [1.807, 2.05) is 6.08 Å². The average molecular weight is 804 g/mol. The molecule has 0 aliphatic heterocycles. The third-order valence-electron chi connectivity index (χ3n) is 10.6. The lowest BCUT2D eigenvalue weighted by Crippen LogP contribution is -2.45. The number of hydrogen-bond donors (Lipinski definition) is 3. The van der Waals surface area contributed by atoms with Gasteiger partial charge in [-0.15, -0.1) is 0 Å². The minimum absolute atomic E-state index is 0.124. The van der Waals surface area contributed by atoms with Crippen LogP contribution >= 0.6 is 0 Å². The second kappa shape index (κ2) is 48.7. The normalized spacial score (nSPS) is 13.8. The van der Waals surface area contributed by atoms with E-state index in [2.05, 4.69) is 104 Å². The molecular formula is C54H93NO3. The lowest BCUT2D eigenvalue weighted by atomic mass is 10.0. The summed E-state index contributed by atoms with van der Waals surface area (Å²) < 4.78 is 0. The fraction of sp³-hybridized carbons (Fsp3) is 0.685. The van der Waals surface area contributed by atoms with Gasteiger partial charge in [0.25, 0.3) is 0 Å². The number of allylic oxidation sites excluding steroid dienone is 15. The summed E-state index contributed by atoms with van der Waals surface area (Å²) in [5.74, 6) is -0.124. The molecule has 0 heterocycles. The Balaban J connectivity index is 3.69. The summed E-state index contributed by atoms with van der Waals surface area (Å²) in [5, 5.41) is 23.0. The highest BCUT2D eigenvalue weighted by molar-refractivity contribution is 5.76. The number of nitrogens with one attached hydrogen (secondary N) is 1. The molecule has 0 fully saturated rings. The summed E-state index contributed by atoms with van der Waals surface area (Å²) in [6.45, 7) is 4.17. The zero-order chi connectivity index (χ0) is 42.1. The predicted molar refractivity (Wildman–Crippen MR) is 257 cm³/mol. The smallest absolute Gasteiger partial charge is 0.220 e. The van der Waals surface area contributed by atoms with Crippen LogP contribution in [-0.2, 0) is 4.79 Å². The highest BCUT2D eigenvalue weighted by Gasteiger charge is 2.17. The van der Waals surface area contributed by atoms with Crippen molar-refractivity contribution in [3.8, 4) is 0 Å². The molecule has 4 nitrogen and oxygen atoms in total. The Kier molecular flexibility index (Phi) is 46.4. The monoisotopic (exact) mass is 804 g/mol. The van der Waals surface area contributed by atoms with E-state index < -0.39 is 12.1 Å². The van der Waals surface area contributed by atoms with Crippen molar-refractivity contribution in [2.75, 3.05) is 6.61 Å². The van der Waals surface area contributed by atoms with E-state index in [1.54, 1.807) is 6.08 Å². The van der Waals surface area contributed by atoms with Gasteiger partial charge in [0.1, 0.15) is 0 Å². The van der Waals surface area contributed by atoms with Gasteiger partial charge < -0.3 is 15.5 Å². The van der Waals surface area contributed by atoms with E-state index in [4.69, 9.17) is 0 Å². The Labute approximate surface area is 360 Å². The molecule has 0 aromatic heterocycles. The van der Waals surface area contributed by atoms with Crippen molar-refractivity contribution >= 4 is 5.91 Å². The molecule has 0 aromatic carbocycles. The van der Waals surface area contributed by atoms with Gasteiger partial charge in [-0.05, 0) is 70.6 Å². The molecule has 4 heteroatoms. The topological polar surface area (TPSA) is 69.6 Å². The molecule has 0 aliphatic carbocycles. The van der Waals surface area contributed by atoms with E-state index in [9.17, 15) is 15.0 Å². The van der Waals surface area contributed by atoms with Crippen LogP contribution in [0.2, 0.25) is 0 Å². The van der Waals surface area contributed by atoms with Gasteiger partial charge >= 0.3 is 0 Å². The predicted octanol–water partition coefficient (Wildman–Crippen LogP) is 15.8. The molecule has 2 unspecified atom stereocenters. The van der Waals surface area contributed by atoms with Crippen molar-refractivity contribution in [1.29, 1.82) is 0 Å². The molecular weight excluding hydrogens is 711 g/mol. The van der Waals surface area contributed by atoms with Crippen LogP contribution in [0.25, 0.3) is 0 Å². The van der Waals surface area contributed by atoms with E-state index in [-0.39, 0.29) is 12.5 Å². The second-order valence-electron chi connectivity index (χ2n) is 16.1. The minimum Gasteiger partial charge on any atom is -0.394 e. The number of amides is 1. The van der Waals surface area contributed by atoms with Crippen LogP contribution < -0.4 is 5.32 Å². The molecule has 1 amide bonds. The van der Waals surface area contributed by atoms with E-state index in [0.717, 1.165) is 70.6 Å². The number of carbonyl (C=O) groups is 1. The van der Waals surface area contributed by atoms with Gasteiger partial charge in [0.15, 0.2) is 0 Å². The minimum atomic E-state index is -0.870. The second-order valence-corrected chi connectivity index (χ2v) is 16.1. The van der Waals surface area contributed by atoms with Crippen molar-refractivity contribution in [3.05, 3.63) is 97.2 Å². The van der Waals surface area contributed by atoms with Crippen LogP contribution in [0.15, 0.2) is 97.2 Å². The highest BCUT2D eigenvalue weighted by atomic mass is 16.3. The Morgan fingerprint density at radius 1 is 0.431 bits per heavy atom. The Morgan fingerprint density at radius 3 is 1.12 bits per heavy atom. The molecule has 0 bridgehead atoms. The number of unbranched alkanes of at least 4 members (excludes halogenated alkanes) is 22. The van der Waals surface area contributed by atoms with Crippen molar-refractivity contribution < 1.29 is 15.0 Å². The van der Waals surface area contributed by atoms with Crippen LogP contribution in [0.3, 0.4) is 0 Å². The quantitative estimate of drug-likeness (QED) is 0.0425. The van der Waals surface area contributed by atoms with Gasteiger partial charge in [-0.3, -0.25) is 4.79 Å². The number of aliphatic hydroxyl groups excluding tert-OH is 2. The Bertz CT molecular complexity index is 1090. The van der Waals surface area contributed by atoms with Crippen molar-refractivity contribution in [3.63, 3.8) is 0 Å². The number of hydrogen-bond acceptors (Lipinski definition) is 3. The third kappa shape index (κ3) is 44.4. The van der Waals surface area contributed by atoms with Gasteiger partial charge in [-0.2, -0.15) is 0 Å². The van der Waals surface area contributed by atoms with E-state index in [0.29, 0.717) is 6.42 Å². The number of aliphatic hydroxyl groups is 2. The summed E-state index contributed by atoms with van der Waals surface area (Å²) in [7, 11) is 0. The maximum absolute atomic E-state index is 12.4. The largest absolute Gasteiger partial charge is 0.394 e.